The molecule has 0 bridgehead atoms. The van der Waals surface area contributed by atoms with Crippen LogP contribution in [0.15, 0.2) is 65.7 Å². The lowest BCUT2D eigenvalue weighted by molar-refractivity contribution is -0.137. The lowest BCUT2D eigenvalue weighted by Crippen LogP contribution is -2.23. The van der Waals surface area contributed by atoms with Crippen LogP contribution < -0.4 is 0 Å². The van der Waals surface area contributed by atoms with E-state index in [9.17, 15) is 18.0 Å². The van der Waals surface area contributed by atoms with E-state index >= 15 is 0 Å². The van der Waals surface area contributed by atoms with Gasteiger partial charge in [-0.25, -0.2) is 9.79 Å². The molecule has 0 aliphatic carbocycles. The number of carbonyl (C=O) groups excluding carboxylic acids is 1. The van der Waals surface area contributed by atoms with E-state index in [0.29, 0.717) is 15.6 Å². The number of hydrogen-bond acceptors (Lipinski definition) is 4. The van der Waals surface area contributed by atoms with Crippen LogP contribution in [0.2, 0.25) is 0 Å². The van der Waals surface area contributed by atoms with E-state index in [1.807, 2.05) is 6.92 Å². The molecule has 0 radical (unpaired) electrons. The van der Waals surface area contributed by atoms with Gasteiger partial charge in [0.15, 0.2) is 5.71 Å². The predicted molar refractivity (Wildman–Crippen MR) is 115 cm³/mol. The molecule has 1 heterocycles. The third kappa shape index (κ3) is 5.36. The number of nitrogens with zero attached hydrogens (tertiary/aromatic N) is 1. The van der Waals surface area contributed by atoms with Gasteiger partial charge in [0.1, 0.15) is 0 Å². The minimum atomic E-state index is -4.67. The summed E-state index contributed by atoms with van der Waals surface area (Å²) in [5, 5.41) is 0.625. The van der Waals surface area contributed by atoms with Crippen molar-refractivity contribution in [3.05, 3.63) is 71.1 Å². The molecule has 1 aromatic heterocycles. The molecule has 30 heavy (non-hydrogen) atoms. The van der Waals surface area contributed by atoms with E-state index in [1.165, 1.54) is 24.3 Å². The number of ether oxygens (including phenoxy) is 1. The lowest BCUT2D eigenvalue weighted by Gasteiger charge is -2.10. The Hall–Kier alpha value is -2.93. The number of alkyl halides is 3. The molecule has 0 unspecified atom stereocenters. The number of para-hydroxylation sites is 1. The number of rotatable bonds is 7. The van der Waals surface area contributed by atoms with E-state index in [-0.39, 0.29) is 17.2 Å². The van der Waals surface area contributed by atoms with Crippen LogP contribution >= 0.6 is 11.3 Å². The molecular formula is C23H20F3NO2S. The van der Waals surface area contributed by atoms with Crippen molar-refractivity contribution in [2.45, 2.75) is 25.9 Å². The topological polar surface area (TPSA) is 38.7 Å². The van der Waals surface area contributed by atoms with Crippen molar-refractivity contribution in [2.75, 3.05) is 6.61 Å². The third-order valence-electron chi connectivity index (χ3n) is 4.24. The number of halogens is 3. The molecule has 0 fully saturated rings. The Labute approximate surface area is 176 Å². The maximum Gasteiger partial charge on any atom is 0.434 e. The fourth-order valence-corrected chi connectivity index (χ4v) is 4.00. The number of carbonyl (C=O) groups is 1. The molecule has 0 saturated heterocycles. The number of hydrogen-bond donors (Lipinski definition) is 0. The molecule has 0 N–H and O–H groups in total. The number of thiophene rings is 1. The van der Waals surface area contributed by atoms with Crippen LogP contribution in [0, 0.1) is 0 Å². The molecule has 3 nitrogen and oxygen atoms in total. The van der Waals surface area contributed by atoms with E-state index in [2.05, 4.69) is 4.99 Å². The minimum absolute atomic E-state index is 0.0369. The van der Waals surface area contributed by atoms with Gasteiger partial charge in [0.25, 0.3) is 0 Å². The number of aliphatic imine (C=N–C) groups is 1. The fourth-order valence-electron chi connectivity index (χ4n) is 2.80. The van der Waals surface area contributed by atoms with Gasteiger partial charge in [0.05, 0.1) is 17.2 Å². The predicted octanol–water partition coefficient (Wildman–Crippen LogP) is 6.94. The van der Waals surface area contributed by atoms with E-state index in [0.717, 1.165) is 24.2 Å². The zero-order valence-corrected chi connectivity index (χ0v) is 17.1. The summed E-state index contributed by atoms with van der Waals surface area (Å²) >= 11 is 0.997. The lowest BCUT2D eigenvalue weighted by atomic mass is 10.1. The maximum absolute atomic E-state index is 14.0. The highest BCUT2D eigenvalue weighted by atomic mass is 32.1. The molecule has 7 heteroatoms. The quantitative estimate of drug-likeness (QED) is 0.176. The van der Waals surface area contributed by atoms with Gasteiger partial charge >= 0.3 is 12.1 Å². The first kappa shape index (κ1) is 21.8. The van der Waals surface area contributed by atoms with Crippen molar-refractivity contribution in [1.82, 2.24) is 0 Å². The zero-order chi connectivity index (χ0) is 21.6. The summed E-state index contributed by atoms with van der Waals surface area (Å²) in [5.41, 5.74) is -0.486. The second-order valence-electron chi connectivity index (χ2n) is 6.49. The van der Waals surface area contributed by atoms with Crippen LogP contribution in [0.5, 0.6) is 0 Å². The van der Waals surface area contributed by atoms with Gasteiger partial charge in [-0.3, -0.25) is 0 Å². The standard InChI is InChI=1S/C23H20F3NO2S/c1-2-3-15-29-20(28)14-13-18-17-11-7-8-12-19(17)30-21(18)22(23(24,25)26)27-16-9-5-4-6-10-16/h4-14H,2-3,15H2,1H3/b14-13+,27-22?. The third-order valence-corrected chi connectivity index (χ3v) is 5.44. The van der Waals surface area contributed by atoms with Gasteiger partial charge in [-0.2, -0.15) is 13.2 Å². The summed E-state index contributed by atoms with van der Waals surface area (Å²) in [6, 6.07) is 15.0. The Morgan fingerprint density at radius 2 is 1.80 bits per heavy atom. The monoisotopic (exact) mass is 431 g/mol. The average Bonchev–Trinajstić information content (AvgIpc) is 3.08. The highest BCUT2D eigenvalue weighted by Gasteiger charge is 2.39. The summed E-state index contributed by atoms with van der Waals surface area (Å²) in [6.45, 7) is 2.25. The number of benzene rings is 2. The second kappa shape index (κ2) is 9.71. The molecule has 156 valence electrons. The Kier molecular flexibility index (Phi) is 7.05. The van der Waals surface area contributed by atoms with Crippen molar-refractivity contribution in [3.8, 4) is 0 Å². The van der Waals surface area contributed by atoms with E-state index in [4.69, 9.17) is 4.74 Å². The summed E-state index contributed by atoms with van der Waals surface area (Å²) in [6.07, 6.45) is -0.505. The molecule has 0 spiro atoms. The Morgan fingerprint density at radius 1 is 1.10 bits per heavy atom. The number of fused-ring (bicyclic) bond motifs is 1. The molecule has 0 saturated carbocycles. The minimum Gasteiger partial charge on any atom is -0.463 e. The van der Waals surface area contributed by atoms with Gasteiger partial charge < -0.3 is 4.74 Å². The van der Waals surface area contributed by atoms with Gasteiger partial charge in [-0.05, 0) is 30.7 Å². The molecular weight excluding hydrogens is 411 g/mol. The van der Waals surface area contributed by atoms with Gasteiger partial charge in [-0.1, -0.05) is 49.7 Å². The van der Waals surface area contributed by atoms with Crippen molar-refractivity contribution >= 4 is 44.9 Å². The number of unbranched alkanes of at least 4 members (excludes halogenated alkanes) is 1. The van der Waals surface area contributed by atoms with Gasteiger partial charge in [-0.15, -0.1) is 11.3 Å². The van der Waals surface area contributed by atoms with Crippen LogP contribution in [0.25, 0.3) is 16.2 Å². The second-order valence-corrected chi connectivity index (χ2v) is 7.54. The highest BCUT2D eigenvalue weighted by Crippen LogP contribution is 2.37. The summed E-state index contributed by atoms with van der Waals surface area (Å²) in [5.74, 6) is -0.585. The molecule has 0 aliphatic rings. The van der Waals surface area contributed by atoms with Crippen molar-refractivity contribution in [1.29, 1.82) is 0 Å². The van der Waals surface area contributed by atoms with Crippen LogP contribution in [0.1, 0.15) is 30.2 Å². The van der Waals surface area contributed by atoms with Crippen molar-refractivity contribution < 1.29 is 22.7 Å². The zero-order valence-electron chi connectivity index (χ0n) is 16.3. The average molecular weight is 431 g/mol. The number of esters is 1. The highest BCUT2D eigenvalue weighted by molar-refractivity contribution is 7.21. The molecule has 0 amide bonds. The molecule has 0 aliphatic heterocycles. The van der Waals surface area contributed by atoms with Crippen molar-refractivity contribution in [2.24, 2.45) is 4.99 Å². The van der Waals surface area contributed by atoms with Crippen molar-refractivity contribution in [3.63, 3.8) is 0 Å². The molecule has 0 atom stereocenters. The normalized spacial score (nSPS) is 12.6. The Balaban J connectivity index is 2.09. The summed E-state index contributed by atoms with van der Waals surface area (Å²) in [4.78, 5) is 15.8. The van der Waals surface area contributed by atoms with Gasteiger partial charge in [0.2, 0.25) is 0 Å². The Bertz CT molecular complexity index is 1070. The summed E-state index contributed by atoms with van der Waals surface area (Å²) < 4.78 is 47.7. The van der Waals surface area contributed by atoms with Crippen LogP contribution in [-0.2, 0) is 9.53 Å². The van der Waals surface area contributed by atoms with Crippen LogP contribution in [0.3, 0.4) is 0 Å². The smallest absolute Gasteiger partial charge is 0.434 e. The molecule has 3 aromatic rings. The van der Waals surface area contributed by atoms with E-state index in [1.54, 1.807) is 42.5 Å². The SMILES string of the molecule is CCCCOC(=O)/C=C/c1c(C(=Nc2ccccc2)C(F)(F)F)sc2ccccc12. The first-order chi connectivity index (χ1) is 14.4. The molecule has 3 rings (SSSR count). The molecule has 2 aromatic carbocycles. The first-order valence-corrected chi connectivity index (χ1v) is 10.3. The maximum atomic E-state index is 14.0. The fraction of sp³-hybridized carbons (Fsp3) is 0.217. The van der Waals surface area contributed by atoms with Crippen LogP contribution in [-0.4, -0.2) is 24.5 Å². The largest absolute Gasteiger partial charge is 0.463 e. The van der Waals surface area contributed by atoms with E-state index < -0.39 is 17.9 Å². The first-order valence-electron chi connectivity index (χ1n) is 9.48. The van der Waals surface area contributed by atoms with Crippen LogP contribution in [0.4, 0.5) is 18.9 Å². The van der Waals surface area contributed by atoms with Gasteiger partial charge in [0, 0.05) is 21.7 Å². The summed E-state index contributed by atoms with van der Waals surface area (Å²) in [7, 11) is 0. The Morgan fingerprint density at radius 3 is 2.50 bits per heavy atom.